The van der Waals surface area contributed by atoms with Gasteiger partial charge in [-0.3, -0.25) is 4.79 Å². The van der Waals surface area contributed by atoms with Crippen molar-refractivity contribution in [1.82, 2.24) is 15.1 Å². The first kappa shape index (κ1) is 14.3. The Hall–Kier alpha value is -2.08. The SMILES string of the molecule is CCN(C)c1cnn(CCNCc2ccoc2)c(=O)c1. The lowest BCUT2D eigenvalue weighted by atomic mass is 10.3. The van der Waals surface area contributed by atoms with Crippen LogP contribution in [0.1, 0.15) is 12.5 Å². The van der Waals surface area contributed by atoms with Crippen molar-refractivity contribution in [3.63, 3.8) is 0 Å². The number of hydrogen-bond donors (Lipinski definition) is 1. The van der Waals surface area contributed by atoms with Crippen LogP contribution in [-0.4, -0.2) is 29.9 Å². The highest BCUT2D eigenvalue weighted by molar-refractivity contribution is 5.41. The predicted octanol–water partition coefficient (Wildman–Crippen LogP) is 1.08. The fourth-order valence-corrected chi connectivity index (χ4v) is 1.79. The van der Waals surface area contributed by atoms with Crippen molar-refractivity contribution in [1.29, 1.82) is 0 Å². The molecule has 6 heteroatoms. The Balaban J connectivity index is 1.85. The van der Waals surface area contributed by atoms with Crippen LogP contribution < -0.4 is 15.8 Å². The number of rotatable bonds is 7. The first-order valence-electron chi connectivity index (χ1n) is 6.71. The maximum Gasteiger partial charge on any atom is 0.268 e. The van der Waals surface area contributed by atoms with Crippen LogP contribution in [0.4, 0.5) is 5.69 Å². The molecule has 0 aromatic carbocycles. The van der Waals surface area contributed by atoms with Crippen LogP contribution in [0.5, 0.6) is 0 Å². The molecule has 1 N–H and O–H groups in total. The number of hydrogen-bond acceptors (Lipinski definition) is 5. The number of anilines is 1. The molecular formula is C14H20N4O2. The number of furan rings is 1. The summed E-state index contributed by atoms with van der Waals surface area (Å²) in [6, 6.07) is 3.53. The lowest BCUT2D eigenvalue weighted by Crippen LogP contribution is -2.29. The van der Waals surface area contributed by atoms with E-state index < -0.39 is 0 Å². The number of nitrogens with one attached hydrogen (secondary N) is 1. The van der Waals surface area contributed by atoms with Crippen molar-refractivity contribution in [2.75, 3.05) is 25.0 Å². The van der Waals surface area contributed by atoms with E-state index in [0.29, 0.717) is 13.1 Å². The molecule has 0 saturated carbocycles. The smallest absolute Gasteiger partial charge is 0.268 e. The number of nitrogens with zero attached hydrogens (tertiary/aromatic N) is 3. The minimum Gasteiger partial charge on any atom is -0.472 e. The van der Waals surface area contributed by atoms with Gasteiger partial charge in [-0.1, -0.05) is 0 Å². The van der Waals surface area contributed by atoms with E-state index in [0.717, 1.165) is 24.3 Å². The van der Waals surface area contributed by atoms with Gasteiger partial charge < -0.3 is 14.6 Å². The Bertz CT molecular complexity index is 577. The summed E-state index contributed by atoms with van der Waals surface area (Å²) < 4.78 is 6.45. The van der Waals surface area contributed by atoms with Gasteiger partial charge in [-0.25, -0.2) is 4.68 Å². The molecule has 2 aromatic rings. The van der Waals surface area contributed by atoms with Gasteiger partial charge in [-0.2, -0.15) is 5.10 Å². The zero-order valence-electron chi connectivity index (χ0n) is 11.9. The second-order valence-electron chi connectivity index (χ2n) is 4.60. The van der Waals surface area contributed by atoms with E-state index in [9.17, 15) is 4.79 Å². The molecule has 0 aliphatic carbocycles. The molecule has 2 rings (SSSR count). The summed E-state index contributed by atoms with van der Waals surface area (Å²) in [6.45, 7) is 4.83. The van der Waals surface area contributed by atoms with Gasteiger partial charge in [0.2, 0.25) is 0 Å². The highest BCUT2D eigenvalue weighted by Crippen LogP contribution is 2.05. The van der Waals surface area contributed by atoms with Crippen LogP contribution in [0.15, 0.2) is 40.1 Å². The summed E-state index contributed by atoms with van der Waals surface area (Å²) in [5, 5.41) is 7.43. The van der Waals surface area contributed by atoms with Gasteiger partial charge in [-0.15, -0.1) is 0 Å². The molecule has 0 amide bonds. The van der Waals surface area contributed by atoms with E-state index >= 15 is 0 Å². The van der Waals surface area contributed by atoms with Crippen LogP contribution in [0.3, 0.4) is 0 Å². The van der Waals surface area contributed by atoms with E-state index in [4.69, 9.17) is 4.42 Å². The summed E-state index contributed by atoms with van der Waals surface area (Å²) in [6.07, 6.45) is 5.07. The average molecular weight is 276 g/mol. The second kappa shape index (κ2) is 6.91. The van der Waals surface area contributed by atoms with Gasteiger partial charge in [0.15, 0.2) is 0 Å². The van der Waals surface area contributed by atoms with Gasteiger partial charge >= 0.3 is 0 Å². The van der Waals surface area contributed by atoms with Gasteiger partial charge in [0, 0.05) is 38.3 Å². The Morgan fingerprint density at radius 3 is 3.00 bits per heavy atom. The third-order valence-corrected chi connectivity index (χ3v) is 3.18. The second-order valence-corrected chi connectivity index (χ2v) is 4.60. The predicted molar refractivity (Wildman–Crippen MR) is 77.9 cm³/mol. The Labute approximate surface area is 118 Å². The average Bonchev–Trinajstić information content (AvgIpc) is 2.97. The molecule has 0 spiro atoms. The molecule has 108 valence electrons. The molecule has 0 bridgehead atoms. The van der Waals surface area contributed by atoms with Gasteiger partial charge in [0.1, 0.15) is 0 Å². The molecule has 0 atom stereocenters. The lowest BCUT2D eigenvalue weighted by Gasteiger charge is -2.16. The van der Waals surface area contributed by atoms with Crippen LogP contribution in [0, 0.1) is 0 Å². The number of aromatic nitrogens is 2. The van der Waals surface area contributed by atoms with E-state index in [1.807, 2.05) is 24.9 Å². The molecule has 2 aromatic heterocycles. The Morgan fingerprint density at radius 2 is 2.35 bits per heavy atom. The van der Waals surface area contributed by atoms with Crippen molar-refractivity contribution in [2.24, 2.45) is 0 Å². The first-order valence-corrected chi connectivity index (χ1v) is 6.71. The summed E-state index contributed by atoms with van der Waals surface area (Å²) in [5.74, 6) is 0. The van der Waals surface area contributed by atoms with E-state index in [1.54, 1.807) is 24.8 Å². The molecule has 0 aliphatic rings. The molecule has 2 heterocycles. The fourth-order valence-electron chi connectivity index (χ4n) is 1.79. The molecule has 0 fully saturated rings. The molecule has 0 unspecified atom stereocenters. The van der Waals surface area contributed by atoms with Gasteiger partial charge in [0.05, 0.1) is 31.0 Å². The van der Waals surface area contributed by atoms with Crippen molar-refractivity contribution in [3.05, 3.63) is 46.8 Å². The molecule has 0 aliphatic heterocycles. The first-order chi connectivity index (χ1) is 9.70. The topological polar surface area (TPSA) is 63.3 Å². The molecular weight excluding hydrogens is 256 g/mol. The third kappa shape index (κ3) is 3.71. The maximum absolute atomic E-state index is 11.9. The normalized spacial score (nSPS) is 10.7. The summed E-state index contributed by atoms with van der Waals surface area (Å²) in [4.78, 5) is 13.9. The third-order valence-electron chi connectivity index (χ3n) is 3.18. The summed E-state index contributed by atoms with van der Waals surface area (Å²) >= 11 is 0. The van der Waals surface area contributed by atoms with Crippen LogP contribution in [0.2, 0.25) is 0 Å². The van der Waals surface area contributed by atoms with Gasteiger partial charge in [-0.05, 0) is 13.0 Å². The van der Waals surface area contributed by atoms with E-state index in [2.05, 4.69) is 10.4 Å². The standard InChI is InChI=1S/C14H20N4O2/c1-3-17(2)13-8-14(19)18(16-10-13)6-5-15-9-12-4-7-20-11-12/h4,7-8,10-11,15H,3,5-6,9H2,1-2H3. The van der Waals surface area contributed by atoms with Crippen LogP contribution in [0.25, 0.3) is 0 Å². The minimum absolute atomic E-state index is 0.0760. The lowest BCUT2D eigenvalue weighted by molar-refractivity contribution is 0.526. The Morgan fingerprint density at radius 1 is 1.50 bits per heavy atom. The monoisotopic (exact) mass is 276 g/mol. The zero-order valence-corrected chi connectivity index (χ0v) is 11.9. The molecule has 0 radical (unpaired) electrons. The minimum atomic E-state index is -0.0760. The quantitative estimate of drug-likeness (QED) is 0.767. The molecule has 20 heavy (non-hydrogen) atoms. The Kier molecular flexibility index (Phi) is 4.95. The largest absolute Gasteiger partial charge is 0.472 e. The van der Waals surface area contributed by atoms with Gasteiger partial charge in [0.25, 0.3) is 5.56 Å². The van der Waals surface area contributed by atoms with E-state index in [1.165, 1.54) is 4.68 Å². The summed E-state index contributed by atoms with van der Waals surface area (Å²) in [7, 11) is 1.94. The zero-order chi connectivity index (χ0) is 14.4. The van der Waals surface area contributed by atoms with Crippen LogP contribution >= 0.6 is 0 Å². The van der Waals surface area contributed by atoms with Crippen molar-refractivity contribution >= 4 is 5.69 Å². The van der Waals surface area contributed by atoms with Crippen molar-refractivity contribution < 1.29 is 4.42 Å². The van der Waals surface area contributed by atoms with Crippen molar-refractivity contribution in [2.45, 2.75) is 20.0 Å². The summed E-state index contributed by atoms with van der Waals surface area (Å²) in [5.41, 5.74) is 1.86. The van der Waals surface area contributed by atoms with Crippen molar-refractivity contribution in [3.8, 4) is 0 Å². The molecule has 6 nitrogen and oxygen atoms in total. The molecule has 0 saturated heterocycles. The van der Waals surface area contributed by atoms with E-state index in [-0.39, 0.29) is 5.56 Å². The highest BCUT2D eigenvalue weighted by Gasteiger charge is 2.03. The highest BCUT2D eigenvalue weighted by atomic mass is 16.3. The van der Waals surface area contributed by atoms with Crippen LogP contribution in [-0.2, 0) is 13.1 Å². The fraction of sp³-hybridized carbons (Fsp3) is 0.429. The maximum atomic E-state index is 11.9.